The predicted octanol–water partition coefficient (Wildman–Crippen LogP) is 1.03. The van der Waals surface area contributed by atoms with Crippen molar-refractivity contribution in [2.75, 3.05) is 20.2 Å². The second-order valence-corrected chi connectivity index (χ2v) is 7.82. The zero-order valence-corrected chi connectivity index (χ0v) is 12.5. The van der Waals surface area contributed by atoms with E-state index < -0.39 is 10.0 Å². The molecule has 8 heteroatoms. The van der Waals surface area contributed by atoms with Gasteiger partial charge in [0.15, 0.2) is 4.21 Å². The number of ether oxygens (including phenoxy) is 1. The summed E-state index contributed by atoms with van der Waals surface area (Å²) in [6.07, 6.45) is 2.70. The number of aryl methyl sites for hydroxylation is 1. The molecule has 19 heavy (non-hydrogen) atoms. The summed E-state index contributed by atoms with van der Waals surface area (Å²) in [5.41, 5.74) is 0. The van der Waals surface area contributed by atoms with Crippen molar-refractivity contribution in [1.29, 1.82) is 0 Å². The monoisotopic (exact) mass is 304 g/mol. The van der Waals surface area contributed by atoms with Crippen LogP contribution in [0.25, 0.3) is 0 Å². The number of thiazole rings is 1. The Balaban J connectivity index is 2.19. The quantitative estimate of drug-likeness (QED) is 0.779. The third kappa shape index (κ3) is 2.96. The number of esters is 1. The molecule has 0 spiro atoms. The Labute approximate surface area is 116 Å². The summed E-state index contributed by atoms with van der Waals surface area (Å²) in [6.45, 7) is 2.38. The normalized spacial score (nSPS) is 21.3. The van der Waals surface area contributed by atoms with Crippen molar-refractivity contribution in [3.63, 3.8) is 0 Å². The highest BCUT2D eigenvalue weighted by Gasteiger charge is 2.34. The molecule has 1 aromatic rings. The Morgan fingerprint density at radius 3 is 2.89 bits per heavy atom. The lowest BCUT2D eigenvalue weighted by molar-refractivity contribution is -0.146. The van der Waals surface area contributed by atoms with Crippen LogP contribution in [0.5, 0.6) is 0 Å². The van der Waals surface area contributed by atoms with Crippen LogP contribution in [0.4, 0.5) is 0 Å². The van der Waals surface area contributed by atoms with E-state index in [0.717, 1.165) is 11.3 Å². The summed E-state index contributed by atoms with van der Waals surface area (Å²) in [7, 11) is -2.21. The maximum absolute atomic E-state index is 12.4. The van der Waals surface area contributed by atoms with Crippen LogP contribution in [0.2, 0.25) is 0 Å². The molecule has 1 saturated heterocycles. The van der Waals surface area contributed by atoms with E-state index in [1.165, 1.54) is 17.6 Å². The number of aromatic nitrogens is 1. The molecule has 1 atom stereocenters. The van der Waals surface area contributed by atoms with E-state index in [4.69, 9.17) is 4.74 Å². The fraction of sp³-hybridized carbons (Fsp3) is 0.636. The van der Waals surface area contributed by atoms with Crippen LogP contribution in [-0.4, -0.2) is 43.9 Å². The Morgan fingerprint density at radius 2 is 2.32 bits per heavy atom. The molecule has 2 heterocycles. The molecule has 2 rings (SSSR count). The van der Waals surface area contributed by atoms with Gasteiger partial charge < -0.3 is 4.74 Å². The van der Waals surface area contributed by atoms with Gasteiger partial charge in [0.05, 0.1) is 24.2 Å². The third-order valence-corrected chi connectivity index (χ3v) is 6.33. The fourth-order valence-electron chi connectivity index (χ4n) is 2.11. The predicted molar refractivity (Wildman–Crippen MR) is 70.3 cm³/mol. The summed E-state index contributed by atoms with van der Waals surface area (Å²) in [5, 5.41) is 0.708. The number of rotatable bonds is 3. The number of carbonyl (C=O) groups excluding carboxylic acids is 1. The van der Waals surface area contributed by atoms with Crippen LogP contribution in [0.3, 0.4) is 0 Å². The maximum atomic E-state index is 12.4. The first-order valence-corrected chi connectivity index (χ1v) is 8.21. The van der Waals surface area contributed by atoms with E-state index in [9.17, 15) is 13.2 Å². The molecule has 0 bridgehead atoms. The molecule has 0 amide bonds. The number of carbonyl (C=O) groups is 1. The highest BCUT2D eigenvalue weighted by molar-refractivity contribution is 7.91. The van der Waals surface area contributed by atoms with Gasteiger partial charge >= 0.3 is 5.97 Å². The van der Waals surface area contributed by atoms with Crippen molar-refractivity contribution >= 4 is 27.3 Å². The Morgan fingerprint density at radius 1 is 1.58 bits per heavy atom. The smallest absolute Gasteiger partial charge is 0.309 e. The van der Waals surface area contributed by atoms with E-state index in [-0.39, 0.29) is 22.6 Å². The molecule has 0 saturated carbocycles. The van der Waals surface area contributed by atoms with Crippen molar-refractivity contribution in [3.05, 3.63) is 11.2 Å². The van der Waals surface area contributed by atoms with Crippen molar-refractivity contribution in [2.24, 2.45) is 5.92 Å². The Bertz CT molecular complexity index is 567. The topological polar surface area (TPSA) is 76.6 Å². The van der Waals surface area contributed by atoms with Crippen molar-refractivity contribution in [3.8, 4) is 0 Å². The summed E-state index contributed by atoms with van der Waals surface area (Å²) in [4.78, 5) is 15.5. The van der Waals surface area contributed by atoms with Gasteiger partial charge in [-0.1, -0.05) is 0 Å². The molecule has 1 aliphatic rings. The summed E-state index contributed by atoms with van der Waals surface area (Å²) in [6, 6.07) is 0. The molecule has 1 aliphatic heterocycles. The highest BCUT2D eigenvalue weighted by Crippen LogP contribution is 2.27. The van der Waals surface area contributed by atoms with Crippen LogP contribution < -0.4 is 0 Å². The summed E-state index contributed by atoms with van der Waals surface area (Å²) >= 11 is 1.15. The lowest BCUT2D eigenvalue weighted by Crippen LogP contribution is -2.42. The minimum Gasteiger partial charge on any atom is -0.469 e. The number of methoxy groups -OCH3 is 1. The zero-order valence-electron chi connectivity index (χ0n) is 10.8. The number of sulfonamides is 1. The van der Waals surface area contributed by atoms with Crippen molar-refractivity contribution in [1.82, 2.24) is 9.29 Å². The number of piperidine rings is 1. The van der Waals surface area contributed by atoms with Crippen LogP contribution in [-0.2, 0) is 19.6 Å². The van der Waals surface area contributed by atoms with E-state index in [1.807, 2.05) is 0 Å². The van der Waals surface area contributed by atoms with E-state index in [1.54, 1.807) is 6.92 Å². The minimum absolute atomic E-state index is 0.186. The van der Waals surface area contributed by atoms with E-state index >= 15 is 0 Å². The largest absolute Gasteiger partial charge is 0.469 e. The first kappa shape index (κ1) is 14.4. The highest BCUT2D eigenvalue weighted by atomic mass is 32.2. The SMILES string of the molecule is COC(=O)[C@H]1CCCN(S(=O)(=O)c2cnc(C)s2)C1. The molecule has 0 radical (unpaired) electrons. The Kier molecular flexibility index (Phi) is 4.22. The van der Waals surface area contributed by atoms with E-state index in [0.29, 0.717) is 24.4 Å². The fourth-order valence-corrected chi connectivity index (χ4v) is 4.90. The van der Waals surface area contributed by atoms with Gasteiger partial charge in [0.25, 0.3) is 10.0 Å². The zero-order chi connectivity index (χ0) is 14.0. The average molecular weight is 304 g/mol. The van der Waals surface area contributed by atoms with Crippen LogP contribution in [0.15, 0.2) is 10.4 Å². The molecule has 0 N–H and O–H groups in total. The summed E-state index contributed by atoms with van der Waals surface area (Å²) < 4.78 is 31.1. The molecule has 1 aromatic heterocycles. The number of hydrogen-bond donors (Lipinski definition) is 0. The molecule has 0 aromatic carbocycles. The van der Waals surface area contributed by atoms with Crippen molar-refractivity contribution in [2.45, 2.75) is 24.0 Å². The van der Waals surface area contributed by atoms with Gasteiger partial charge in [-0.05, 0) is 19.8 Å². The average Bonchev–Trinajstić information content (AvgIpc) is 2.85. The standard InChI is InChI=1S/C11H16N2O4S2/c1-8-12-6-10(18-8)19(15,16)13-5-3-4-9(7-13)11(14)17-2/h6,9H,3-5,7H2,1-2H3/t9-/m0/s1. The summed E-state index contributed by atoms with van der Waals surface area (Å²) in [5.74, 6) is -0.720. The maximum Gasteiger partial charge on any atom is 0.309 e. The van der Waals surface area contributed by atoms with Gasteiger partial charge in [0.1, 0.15) is 0 Å². The molecule has 106 valence electrons. The van der Waals surface area contributed by atoms with Gasteiger partial charge in [-0.2, -0.15) is 4.31 Å². The molecule has 6 nitrogen and oxygen atoms in total. The van der Waals surface area contributed by atoms with Gasteiger partial charge in [0.2, 0.25) is 0 Å². The second-order valence-electron chi connectivity index (χ2n) is 4.42. The van der Waals surface area contributed by atoms with Gasteiger partial charge in [-0.15, -0.1) is 11.3 Å². The minimum atomic E-state index is -3.53. The second kappa shape index (κ2) is 5.56. The molecular weight excluding hydrogens is 288 g/mol. The Hall–Kier alpha value is -0.990. The van der Waals surface area contributed by atoms with Crippen LogP contribution >= 0.6 is 11.3 Å². The van der Waals surface area contributed by atoms with Crippen molar-refractivity contribution < 1.29 is 17.9 Å². The molecular formula is C11H16N2O4S2. The first-order chi connectivity index (χ1) is 8.95. The van der Waals surface area contributed by atoms with Gasteiger partial charge in [-0.3, -0.25) is 4.79 Å². The number of nitrogens with zero attached hydrogens (tertiary/aromatic N) is 2. The third-order valence-electron chi connectivity index (χ3n) is 3.11. The molecule has 0 aliphatic carbocycles. The molecule has 0 unspecified atom stereocenters. The van der Waals surface area contributed by atoms with Gasteiger partial charge in [-0.25, -0.2) is 13.4 Å². The number of hydrogen-bond acceptors (Lipinski definition) is 6. The van der Waals surface area contributed by atoms with E-state index in [2.05, 4.69) is 4.98 Å². The molecule has 1 fully saturated rings. The van der Waals surface area contributed by atoms with Crippen LogP contribution in [0.1, 0.15) is 17.8 Å². The van der Waals surface area contributed by atoms with Crippen LogP contribution in [0, 0.1) is 12.8 Å². The first-order valence-electron chi connectivity index (χ1n) is 5.95. The lowest BCUT2D eigenvalue weighted by atomic mass is 10.0. The lowest BCUT2D eigenvalue weighted by Gasteiger charge is -2.29. The van der Waals surface area contributed by atoms with Gasteiger partial charge in [0, 0.05) is 13.1 Å².